The molecule has 0 bridgehead atoms. The third-order valence-electron chi connectivity index (χ3n) is 7.41. The Labute approximate surface area is 230 Å². The summed E-state index contributed by atoms with van der Waals surface area (Å²) in [6.45, 7) is 0. The first kappa shape index (κ1) is 26.6. The molecular formula is C27H31ClFN8O2+. The van der Waals surface area contributed by atoms with Crippen LogP contribution in [0.25, 0.3) is 0 Å². The summed E-state index contributed by atoms with van der Waals surface area (Å²) >= 11 is 6.04. The summed E-state index contributed by atoms with van der Waals surface area (Å²) in [6, 6.07) is 11.3. The number of carbonyl (C=O) groups is 1. The zero-order valence-corrected chi connectivity index (χ0v) is 22.2. The third kappa shape index (κ3) is 5.19. The first-order valence-corrected chi connectivity index (χ1v) is 13.1. The van der Waals surface area contributed by atoms with Gasteiger partial charge >= 0.3 is 11.6 Å². The summed E-state index contributed by atoms with van der Waals surface area (Å²) < 4.78 is 15.9. The van der Waals surface area contributed by atoms with Crippen LogP contribution in [0.3, 0.4) is 0 Å². The zero-order valence-electron chi connectivity index (χ0n) is 21.4. The van der Waals surface area contributed by atoms with Crippen molar-refractivity contribution in [2.75, 3.05) is 16.8 Å². The highest BCUT2D eigenvalue weighted by Gasteiger charge is 2.42. The monoisotopic (exact) mass is 553 g/mol. The molecule has 1 aliphatic carbocycles. The number of amides is 1. The van der Waals surface area contributed by atoms with Crippen LogP contribution < -0.4 is 31.3 Å². The summed E-state index contributed by atoms with van der Waals surface area (Å²) in [4.78, 5) is 25.8. The summed E-state index contributed by atoms with van der Waals surface area (Å²) in [6.07, 6.45) is 6.10. The van der Waals surface area contributed by atoms with Gasteiger partial charge in [-0.2, -0.15) is 0 Å². The Kier molecular flexibility index (Phi) is 7.53. The number of hydrogen-bond donors (Lipinski definition) is 4. The smallest absolute Gasteiger partial charge is 0.322 e. The van der Waals surface area contributed by atoms with E-state index >= 15 is 4.39 Å². The van der Waals surface area contributed by atoms with Crippen LogP contribution in [0.5, 0.6) is 0 Å². The second-order valence-corrected chi connectivity index (χ2v) is 10.3. The van der Waals surface area contributed by atoms with Crippen molar-refractivity contribution < 1.29 is 19.1 Å². The maximum absolute atomic E-state index is 15.2. The van der Waals surface area contributed by atoms with Crippen molar-refractivity contribution >= 4 is 35.2 Å². The Bertz CT molecular complexity index is 1410. The van der Waals surface area contributed by atoms with Crippen molar-refractivity contribution in [3.63, 3.8) is 0 Å². The van der Waals surface area contributed by atoms with E-state index in [1.165, 1.54) is 24.4 Å². The Hall–Kier alpha value is -3.96. The van der Waals surface area contributed by atoms with Gasteiger partial charge in [-0.3, -0.25) is 20.0 Å². The van der Waals surface area contributed by atoms with Gasteiger partial charge in [0.1, 0.15) is 18.1 Å². The molecule has 3 aromatic rings. The average Bonchev–Trinajstić information content (AvgIpc) is 3.22. The summed E-state index contributed by atoms with van der Waals surface area (Å²) in [5.41, 5.74) is 14.4. The van der Waals surface area contributed by atoms with Crippen LogP contribution >= 0.6 is 11.6 Å². The van der Waals surface area contributed by atoms with Crippen molar-refractivity contribution in [2.45, 2.75) is 50.1 Å². The molecule has 5 rings (SSSR count). The van der Waals surface area contributed by atoms with Gasteiger partial charge in [0.2, 0.25) is 6.20 Å². The normalized spacial score (nSPS) is 21.7. The van der Waals surface area contributed by atoms with E-state index in [4.69, 9.17) is 23.1 Å². The Morgan fingerprint density at radius 2 is 2.10 bits per heavy atom. The highest BCUT2D eigenvalue weighted by atomic mass is 35.5. The highest BCUT2D eigenvalue weighted by molar-refractivity contribution is 6.30. The SMILES string of the molecule is CN1c2cnc(C(N)/N=C\N)cc2N([C@@H]2CCCC(NC(=O)c3cc(Cl)cc[n+]3O)C2)C1c1ccccc1F. The van der Waals surface area contributed by atoms with E-state index in [0.717, 1.165) is 41.7 Å². The van der Waals surface area contributed by atoms with Gasteiger partial charge < -0.3 is 26.6 Å². The Balaban J connectivity index is 1.48. The van der Waals surface area contributed by atoms with Crippen LogP contribution in [0, 0.1) is 5.82 Å². The van der Waals surface area contributed by atoms with Gasteiger partial charge in [0.15, 0.2) is 0 Å². The van der Waals surface area contributed by atoms with Gasteiger partial charge in [-0.25, -0.2) is 4.39 Å². The third-order valence-corrected chi connectivity index (χ3v) is 7.64. The molecule has 1 saturated carbocycles. The molecule has 10 nitrogen and oxygen atoms in total. The molecule has 3 heterocycles. The summed E-state index contributed by atoms with van der Waals surface area (Å²) in [5, 5.41) is 13.5. The van der Waals surface area contributed by atoms with Crippen molar-refractivity contribution in [2.24, 2.45) is 16.5 Å². The van der Waals surface area contributed by atoms with Crippen molar-refractivity contribution in [3.8, 4) is 0 Å². The molecule has 6 N–H and O–H groups in total. The maximum atomic E-state index is 15.2. The lowest BCUT2D eigenvalue weighted by Gasteiger charge is -2.41. The van der Waals surface area contributed by atoms with Gasteiger partial charge in [-0.1, -0.05) is 29.8 Å². The topological polar surface area (TPSA) is 137 Å². The molecule has 1 amide bonds. The number of rotatable bonds is 6. The number of anilines is 2. The molecule has 12 heteroatoms. The van der Waals surface area contributed by atoms with Crippen LogP contribution in [0.4, 0.5) is 15.8 Å². The number of nitrogens with two attached hydrogens (primary N) is 2. The van der Waals surface area contributed by atoms with E-state index in [0.29, 0.717) is 22.7 Å². The Morgan fingerprint density at radius 3 is 2.87 bits per heavy atom. The predicted octanol–water partition coefficient (Wildman–Crippen LogP) is 3.04. The molecule has 2 aliphatic rings. The molecule has 0 saturated heterocycles. The summed E-state index contributed by atoms with van der Waals surface area (Å²) in [5.74, 6) is -0.730. The minimum absolute atomic E-state index is 0.0394. The lowest BCUT2D eigenvalue weighted by Crippen LogP contribution is -2.50. The van der Waals surface area contributed by atoms with Crippen LogP contribution in [0.15, 0.2) is 59.9 Å². The lowest BCUT2D eigenvalue weighted by molar-refractivity contribution is -0.905. The van der Waals surface area contributed by atoms with Crippen molar-refractivity contribution in [3.05, 3.63) is 82.6 Å². The van der Waals surface area contributed by atoms with Gasteiger partial charge in [0.25, 0.3) is 0 Å². The number of benzene rings is 1. The molecule has 0 spiro atoms. The van der Waals surface area contributed by atoms with Gasteiger partial charge in [-0.15, -0.1) is 0 Å². The fraction of sp³-hybridized carbons (Fsp3) is 0.333. The molecule has 1 aromatic carbocycles. The fourth-order valence-electron chi connectivity index (χ4n) is 5.60. The fourth-order valence-corrected chi connectivity index (χ4v) is 5.76. The number of carbonyl (C=O) groups excluding carboxylic acids is 1. The quantitative estimate of drug-likeness (QED) is 0.159. The average molecular weight is 554 g/mol. The standard InChI is InChI=1S/C27H30ClFN8O2/c1-35-24-14-32-21(25(31)33-15-30)13-22(24)37(27(35)19-7-2-3-8-20(19)29)18-6-4-5-17(12-18)34-26(38)23-11-16(28)9-10-36(23)39/h2-3,7-11,13-15,17-18,25,27H,4-6,12,31H2,1H3,(H3-,30,33,34,38,39)/p+1/t17?,18-,25?,27?/m1/s1. The number of aromatic nitrogens is 2. The minimum Gasteiger partial charge on any atom is -0.390 e. The van der Waals surface area contributed by atoms with E-state index < -0.39 is 18.2 Å². The van der Waals surface area contributed by atoms with E-state index in [1.807, 2.05) is 24.1 Å². The molecule has 4 atom stereocenters. The number of nitrogens with zero attached hydrogens (tertiary/aromatic N) is 5. The molecule has 0 radical (unpaired) electrons. The molecule has 2 aromatic heterocycles. The lowest BCUT2D eigenvalue weighted by atomic mass is 9.89. The largest absolute Gasteiger partial charge is 0.390 e. The van der Waals surface area contributed by atoms with Crippen LogP contribution in [-0.2, 0) is 0 Å². The number of nitrogens with one attached hydrogen (secondary N) is 1. The molecule has 39 heavy (non-hydrogen) atoms. The maximum Gasteiger partial charge on any atom is 0.322 e. The highest BCUT2D eigenvalue weighted by Crippen LogP contribution is 2.49. The van der Waals surface area contributed by atoms with Crippen LogP contribution in [0.2, 0.25) is 5.02 Å². The predicted molar refractivity (Wildman–Crippen MR) is 146 cm³/mol. The second-order valence-electron chi connectivity index (χ2n) is 9.82. The number of halogens is 2. The van der Waals surface area contributed by atoms with Crippen LogP contribution in [0.1, 0.15) is 59.8 Å². The van der Waals surface area contributed by atoms with Gasteiger partial charge in [-0.05, 0) is 37.8 Å². The zero-order chi connectivity index (χ0) is 27.7. The first-order valence-electron chi connectivity index (χ1n) is 12.7. The molecule has 1 fully saturated rings. The second kappa shape index (κ2) is 11.0. The number of aliphatic imine (C=N–C) groups is 1. The minimum atomic E-state index is -0.735. The van der Waals surface area contributed by atoms with Crippen molar-refractivity contribution in [1.29, 1.82) is 0 Å². The number of pyridine rings is 2. The van der Waals surface area contributed by atoms with Crippen LogP contribution in [-0.4, -0.2) is 41.6 Å². The Morgan fingerprint density at radius 1 is 1.31 bits per heavy atom. The first-order chi connectivity index (χ1) is 18.8. The number of hydrogen-bond acceptors (Lipinski definition) is 7. The van der Waals surface area contributed by atoms with Gasteiger partial charge in [0, 0.05) is 41.6 Å². The summed E-state index contributed by atoms with van der Waals surface area (Å²) in [7, 11) is 1.91. The number of fused-ring (bicyclic) bond motifs is 1. The molecular weight excluding hydrogens is 523 g/mol. The van der Waals surface area contributed by atoms with E-state index in [-0.39, 0.29) is 23.6 Å². The molecule has 204 valence electrons. The van der Waals surface area contributed by atoms with Gasteiger partial charge in [0.05, 0.1) is 34.6 Å². The van der Waals surface area contributed by atoms with E-state index in [2.05, 4.69) is 20.2 Å². The molecule has 3 unspecified atom stereocenters. The molecule has 1 aliphatic heterocycles. The van der Waals surface area contributed by atoms with E-state index in [1.54, 1.807) is 18.3 Å². The van der Waals surface area contributed by atoms with Crippen molar-refractivity contribution in [1.82, 2.24) is 10.3 Å². The van der Waals surface area contributed by atoms with E-state index in [9.17, 15) is 10.0 Å².